The van der Waals surface area contributed by atoms with Gasteiger partial charge < -0.3 is 9.47 Å². The van der Waals surface area contributed by atoms with Crippen LogP contribution in [0.5, 0.6) is 5.75 Å². The number of rotatable bonds is 0. The van der Waals surface area contributed by atoms with Crippen molar-refractivity contribution in [3.05, 3.63) is 28.8 Å². The largest absolute Gasteiger partial charge is 0.466 e. The second-order valence-electron chi connectivity index (χ2n) is 2.34. The summed E-state index contributed by atoms with van der Waals surface area (Å²) in [5.74, 6) is 0.764. The van der Waals surface area contributed by atoms with E-state index in [9.17, 15) is 0 Å². The molecule has 2 rings (SSSR count). The van der Waals surface area contributed by atoms with E-state index < -0.39 is 0 Å². The van der Waals surface area contributed by atoms with Crippen LogP contribution in [-0.2, 0) is 11.3 Å². The van der Waals surface area contributed by atoms with E-state index in [4.69, 9.17) is 21.1 Å². The fourth-order valence-electron chi connectivity index (χ4n) is 1.08. The molecule has 1 aliphatic heterocycles. The standard InChI is InChI=1S/C8H7ClO2/c9-7-3-1-2-6-4-10-5-11-8(6)7/h1-3H,4-5H2. The molecule has 0 amide bonds. The lowest BCUT2D eigenvalue weighted by Gasteiger charge is -2.17. The van der Waals surface area contributed by atoms with Gasteiger partial charge in [0.2, 0.25) is 0 Å². The zero-order valence-corrected chi connectivity index (χ0v) is 6.60. The van der Waals surface area contributed by atoms with Crippen molar-refractivity contribution in [3.63, 3.8) is 0 Å². The molecule has 58 valence electrons. The van der Waals surface area contributed by atoms with Gasteiger partial charge in [0.1, 0.15) is 5.75 Å². The van der Waals surface area contributed by atoms with Gasteiger partial charge in [-0.2, -0.15) is 0 Å². The minimum Gasteiger partial charge on any atom is -0.466 e. The molecule has 0 N–H and O–H groups in total. The first kappa shape index (κ1) is 6.95. The van der Waals surface area contributed by atoms with Crippen LogP contribution in [0.15, 0.2) is 18.2 Å². The van der Waals surface area contributed by atoms with Crippen molar-refractivity contribution < 1.29 is 9.47 Å². The Balaban J connectivity index is 2.49. The molecule has 0 saturated heterocycles. The zero-order chi connectivity index (χ0) is 7.68. The molecule has 2 nitrogen and oxygen atoms in total. The second-order valence-corrected chi connectivity index (χ2v) is 2.75. The summed E-state index contributed by atoms with van der Waals surface area (Å²) in [5, 5.41) is 0.658. The Morgan fingerprint density at radius 3 is 3.09 bits per heavy atom. The van der Waals surface area contributed by atoms with Crippen molar-refractivity contribution in [1.29, 1.82) is 0 Å². The molecule has 0 spiro atoms. The molecule has 1 aliphatic rings. The van der Waals surface area contributed by atoms with E-state index in [-0.39, 0.29) is 0 Å². The van der Waals surface area contributed by atoms with E-state index in [0.717, 1.165) is 11.3 Å². The van der Waals surface area contributed by atoms with Crippen molar-refractivity contribution >= 4 is 11.6 Å². The maximum absolute atomic E-state index is 5.86. The highest BCUT2D eigenvalue weighted by Crippen LogP contribution is 2.31. The van der Waals surface area contributed by atoms with Crippen LogP contribution in [0.2, 0.25) is 5.02 Å². The number of hydrogen-bond acceptors (Lipinski definition) is 2. The van der Waals surface area contributed by atoms with Gasteiger partial charge in [0.25, 0.3) is 0 Å². The third-order valence-corrected chi connectivity index (χ3v) is 1.89. The zero-order valence-electron chi connectivity index (χ0n) is 5.84. The van der Waals surface area contributed by atoms with Crippen molar-refractivity contribution in [1.82, 2.24) is 0 Å². The number of hydrogen-bond donors (Lipinski definition) is 0. The molecule has 1 aromatic carbocycles. The average molecular weight is 171 g/mol. The summed E-state index contributed by atoms with van der Waals surface area (Å²) in [7, 11) is 0. The Kier molecular flexibility index (Phi) is 1.72. The Morgan fingerprint density at radius 1 is 1.36 bits per heavy atom. The van der Waals surface area contributed by atoms with Gasteiger partial charge in [-0.3, -0.25) is 0 Å². The van der Waals surface area contributed by atoms with Crippen LogP contribution in [0.3, 0.4) is 0 Å². The number of para-hydroxylation sites is 1. The van der Waals surface area contributed by atoms with Gasteiger partial charge in [0.15, 0.2) is 6.79 Å². The summed E-state index contributed by atoms with van der Waals surface area (Å²) in [6.07, 6.45) is 0. The van der Waals surface area contributed by atoms with E-state index >= 15 is 0 Å². The smallest absolute Gasteiger partial charge is 0.189 e. The molecule has 0 radical (unpaired) electrons. The molecular formula is C8H7ClO2. The molecule has 3 heteroatoms. The minimum absolute atomic E-state index is 0.302. The number of benzene rings is 1. The average Bonchev–Trinajstić information content (AvgIpc) is 2.06. The number of halogens is 1. The van der Waals surface area contributed by atoms with Crippen LogP contribution >= 0.6 is 11.6 Å². The number of fused-ring (bicyclic) bond motifs is 1. The van der Waals surface area contributed by atoms with Crippen LogP contribution < -0.4 is 4.74 Å². The van der Waals surface area contributed by atoms with Gasteiger partial charge >= 0.3 is 0 Å². The SMILES string of the molecule is Clc1cccc2c1OCOC2. The third kappa shape index (κ3) is 1.19. The Labute approximate surface area is 69.7 Å². The summed E-state index contributed by atoms with van der Waals surface area (Å²) in [4.78, 5) is 0. The molecule has 0 fully saturated rings. The van der Waals surface area contributed by atoms with Gasteiger partial charge in [-0.25, -0.2) is 0 Å². The van der Waals surface area contributed by atoms with Crippen molar-refractivity contribution in [2.24, 2.45) is 0 Å². The summed E-state index contributed by atoms with van der Waals surface area (Å²) in [5.41, 5.74) is 1.02. The van der Waals surface area contributed by atoms with E-state index in [1.807, 2.05) is 18.2 Å². The molecule has 0 aromatic heterocycles. The van der Waals surface area contributed by atoms with Gasteiger partial charge in [-0.15, -0.1) is 0 Å². The normalized spacial score (nSPS) is 15.4. The van der Waals surface area contributed by atoms with Crippen LogP contribution in [0.4, 0.5) is 0 Å². The van der Waals surface area contributed by atoms with Crippen LogP contribution in [0.1, 0.15) is 5.56 Å². The van der Waals surface area contributed by atoms with Gasteiger partial charge in [-0.05, 0) is 6.07 Å². The highest BCUT2D eigenvalue weighted by Gasteiger charge is 2.12. The predicted molar refractivity (Wildman–Crippen MR) is 41.7 cm³/mol. The topological polar surface area (TPSA) is 18.5 Å². The van der Waals surface area contributed by atoms with Gasteiger partial charge in [0, 0.05) is 5.56 Å². The van der Waals surface area contributed by atoms with Crippen molar-refractivity contribution in [2.75, 3.05) is 6.79 Å². The lowest BCUT2D eigenvalue weighted by molar-refractivity contribution is -0.0162. The fraction of sp³-hybridized carbons (Fsp3) is 0.250. The first-order valence-electron chi connectivity index (χ1n) is 3.36. The molecule has 1 heterocycles. The maximum Gasteiger partial charge on any atom is 0.189 e. The summed E-state index contributed by atoms with van der Waals surface area (Å²) < 4.78 is 10.3. The highest BCUT2D eigenvalue weighted by molar-refractivity contribution is 6.32. The Morgan fingerprint density at radius 2 is 2.27 bits per heavy atom. The molecular weight excluding hydrogens is 164 g/mol. The quantitative estimate of drug-likeness (QED) is 0.595. The summed E-state index contributed by atoms with van der Waals surface area (Å²) in [6.45, 7) is 0.895. The number of ether oxygens (including phenoxy) is 2. The Bertz CT molecular complexity index is 273. The fourth-order valence-corrected chi connectivity index (χ4v) is 1.33. The lowest BCUT2D eigenvalue weighted by atomic mass is 10.2. The Hall–Kier alpha value is -0.730. The molecule has 0 unspecified atom stereocenters. The van der Waals surface area contributed by atoms with E-state index in [1.165, 1.54) is 0 Å². The first-order chi connectivity index (χ1) is 5.38. The summed E-state index contributed by atoms with van der Waals surface area (Å²) >= 11 is 5.86. The van der Waals surface area contributed by atoms with E-state index in [2.05, 4.69) is 0 Å². The van der Waals surface area contributed by atoms with Gasteiger partial charge in [0.05, 0.1) is 11.6 Å². The van der Waals surface area contributed by atoms with Crippen LogP contribution in [-0.4, -0.2) is 6.79 Å². The monoisotopic (exact) mass is 170 g/mol. The van der Waals surface area contributed by atoms with E-state index in [1.54, 1.807) is 0 Å². The molecule has 1 aromatic rings. The second kappa shape index (κ2) is 2.72. The molecule has 11 heavy (non-hydrogen) atoms. The van der Waals surface area contributed by atoms with Crippen LogP contribution in [0, 0.1) is 0 Å². The third-order valence-electron chi connectivity index (χ3n) is 1.59. The first-order valence-corrected chi connectivity index (χ1v) is 3.73. The van der Waals surface area contributed by atoms with Gasteiger partial charge in [-0.1, -0.05) is 23.7 Å². The molecule has 0 atom stereocenters. The minimum atomic E-state index is 0.302. The molecule has 0 bridgehead atoms. The summed E-state index contributed by atoms with van der Waals surface area (Å²) in [6, 6.07) is 5.64. The van der Waals surface area contributed by atoms with E-state index in [0.29, 0.717) is 18.4 Å². The highest BCUT2D eigenvalue weighted by atomic mass is 35.5. The van der Waals surface area contributed by atoms with Crippen LogP contribution in [0.25, 0.3) is 0 Å². The van der Waals surface area contributed by atoms with Crippen molar-refractivity contribution in [2.45, 2.75) is 6.61 Å². The predicted octanol–water partition coefficient (Wildman–Crippen LogP) is 2.21. The lowest BCUT2D eigenvalue weighted by Crippen LogP contribution is -2.11. The molecule has 0 saturated carbocycles. The van der Waals surface area contributed by atoms with Crippen molar-refractivity contribution in [3.8, 4) is 5.75 Å². The molecule has 0 aliphatic carbocycles. The maximum atomic E-state index is 5.86.